The molecule has 0 aromatic carbocycles. The number of hydrogen-bond donors (Lipinski definition) is 1. The van der Waals surface area contributed by atoms with Crippen molar-refractivity contribution in [1.29, 1.82) is 0 Å². The zero-order valence-corrected chi connectivity index (χ0v) is 11.5. The highest BCUT2D eigenvalue weighted by atomic mass is 35.5. The molecule has 0 atom stereocenters. The molecule has 2 aromatic heterocycles. The minimum absolute atomic E-state index is 0.409. The maximum absolute atomic E-state index is 6.01. The van der Waals surface area contributed by atoms with Crippen LogP contribution >= 0.6 is 34.5 Å². The minimum Gasteiger partial charge on any atom is -0.419 e. The number of halogens is 2. The second kappa shape index (κ2) is 5.82. The van der Waals surface area contributed by atoms with Crippen molar-refractivity contribution in [2.45, 2.75) is 19.9 Å². The predicted octanol–water partition coefficient (Wildman–Crippen LogP) is 3.60. The quantitative estimate of drug-likeness (QED) is 0.855. The standard InChI is InChI=1S/C10H11Cl2N3OS/c1-2-3-13-5-8-14-15-10(16-8)6-4-7(11)17-9(6)12/h4,13H,2-3,5H2,1H3. The van der Waals surface area contributed by atoms with Crippen LogP contribution in [-0.4, -0.2) is 16.7 Å². The number of nitrogens with one attached hydrogen (secondary N) is 1. The summed E-state index contributed by atoms with van der Waals surface area (Å²) in [6.45, 7) is 3.58. The minimum atomic E-state index is 0.409. The first-order valence-electron chi connectivity index (χ1n) is 5.19. The highest BCUT2D eigenvalue weighted by molar-refractivity contribution is 7.20. The first-order chi connectivity index (χ1) is 8.20. The summed E-state index contributed by atoms with van der Waals surface area (Å²) in [5.41, 5.74) is 0.691. The van der Waals surface area contributed by atoms with Crippen molar-refractivity contribution in [3.63, 3.8) is 0 Å². The summed E-state index contributed by atoms with van der Waals surface area (Å²) < 4.78 is 6.66. The number of rotatable bonds is 5. The van der Waals surface area contributed by atoms with Gasteiger partial charge in [-0.1, -0.05) is 30.1 Å². The van der Waals surface area contributed by atoms with E-state index in [9.17, 15) is 0 Å². The summed E-state index contributed by atoms with van der Waals surface area (Å²) in [6.07, 6.45) is 1.06. The van der Waals surface area contributed by atoms with Gasteiger partial charge in [-0.3, -0.25) is 0 Å². The molecule has 0 unspecified atom stereocenters. The van der Waals surface area contributed by atoms with E-state index in [1.165, 1.54) is 11.3 Å². The van der Waals surface area contributed by atoms with Crippen LogP contribution in [0.5, 0.6) is 0 Å². The molecule has 1 N–H and O–H groups in total. The van der Waals surface area contributed by atoms with Gasteiger partial charge in [0.2, 0.25) is 11.8 Å². The molecule has 92 valence electrons. The van der Waals surface area contributed by atoms with Crippen LogP contribution in [0.1, 0.15) is 19.2 Å². The van der Waals surface area contributed by atoms with Gasteiger partial charge in [0.05, 0.1) is 16.4 Å². The lowest BCUT2D eigenvalue weighted by Gasteiger charge is -1.96. The van der Waals surface area contributed by atoms with E-state index >= 15 is 0 Å². The molecule has 0 radical (unpaired) electrons. The molecule has 0 aliphatic heterocycles. The molecule has 0 aliphatic carbocycles. The van der Waals surface area contributed by atoms with Gasteiger partial charge in [0.1, 0.15) is 4.34 Å². The van der Waals surface area contributed by atoms with Crippen LogP contribution in [0.15, 0.2) is 10.5 Å². The molecule has 17 heavy (non-hydrogen) atoms. The third-order valence-corrected chi connectivity index (χ3v) is 3.54. The largest absolute Gasteiger partial charge is 0.419 e. The van der Waals surface area contributed by atoms with Gasteiger partial charge < -0.3 is 9.73 Å². The molecular formula is C10H11Cl2N3OS. The molecule has 7 heteroatoms. The smallest absolute Gasteiger partial charge is 0.250 e. The molecule has 0 bridgehead atoms. The first-order valence-corrected chi connectivity index (χ1v) is 6.76. The van der Waals surface area contributed by atoms with Gasteiger partial charge >= 0.3 is 0 Å². The van der Waals surface area contributed by atoms with Crippen molar-refractivity contribution in [3.05, 3.63) is 20.6 Å². The fourth-order valence-corrected chi connectivity index (χ4v) is 2.74. The molecule has 0 aliphatic rings. The Morgan fingerprint density at radius 2 is 2.24 bits per heavy atom. The lowest BCUT2D eigenvalue weighted by Crippen LogP contribution is -2.13. The molecule has 0 fully saturated rings. The normalized spacial score (nSPS) is 11.0. The van der Waals surface area contributed by atoms with Crippen molar-refractivity contribution in [1.82, 2.24) is 15.5 Å². The van der Waals surface area contributed by atoms with Gasteiger partial charge in [0.25, 0.3) is 0 Å². The summed E-state index contributed by atoms with van der Waals surface area (Å²) in [7, 11) is 0. The van der Waals surface area contributed by atoms with Crippen LogP contribution in [-0.2, 0) is 6.54 Å². The van der Waals surface area contributed by atoms with Gasteiger partial charge in [-0.05, 0) is 19.0 Å². The van der Waals surface area contributed by atoms with Gasteiger partial charge in [-0.15, -0.1) is 21.5 Å². The number of nitrogens with zero attached hydrogens (tertiary/aromatic N) is 2. The molecule has 2 heterocycles. The Balaban J connectivity index is 2.10. The van der Waals surface area contributed by atoms with E-state index in [0.717, 1.165) is 13.0 Å². The lowest BCUT2D eigenvalue weighted by atomic mass is 10.3. The highest BCUT2D eigenvalue weighted by Gasteiger charge is 2.14. The van der Waals surface area contributed by atoms with Crippen molar-refractivity contribution in [3.8, 4) is 11.5 Å². The van der Waals surface area contributed by atoms with Gasteiger partial charge in [-0.25, -0.2) is 0 Å². The van der Waals surface area contributed by atoms with Crippen LogP contribution in [0, 0.1) is 0 Å². The van der Waals surface area contributed by atoms with E-state index in [2.05, 4.69) is 22.4 Å². The van der Waals surface area contributed by atoms with Gasteiger partial charge in [0.15, 0.2) is 0 Å². The van der Waals surface area contributed by atoms with Crippen LogP contribution in [0.3, 0.4) is 0 Å². The summed E-state index contributed by atoms with van der Waals surface area (Å²) in [4.78, 5) is 0. The maximum Gasteiger partial charge on any atom is 0.250 e. The average molecular weight is 292 g/mol. The van der Waals surface area contributed by atoms with Gasteiger partial charge in [-0.2, -0.15) is 0 Å². The van der Waals surface area contributed by atoms with E-state index < -0.39 is 0 Å². The Labute approximate surface area is 113 Å². The molecule has 2 aromatic rings. The summed E-state index contributed by atoms with van der Waals surface area (Å²) in [5.74, 6) is 0.957. The number of aromatic nitrogens is 2. The molecule has 0 amide bonds. The summed E-state index contributed by atoms with van der Waals surface area (Å²) in [6, 6.07) is 1.73. The van der Waals surface area contributed by atoms with Crippen LogP contribution < -0.4 is 5.32 Å². The van der Waals surface area contributed by atoms with E-state index in [-0.39, 0.29) is 0 Å². The topological polar surface area (TPSA) is 51.0 Å². The zero-order chi connectivity index (χ0) is 12.3. The molecule has 0 saturated carbocycles. The molecule has 2 rings (SSSR count). The van der Waals surface area contributed by atoms with E-state index in [1.807, 2.05) is 0 Å². The molecule has 0 saturated heterocycles. The lowest BCUT2D eigenvalue weighted by molar-refractivity contribution is 0.477. The first kappa shape index (κ1) is 12.8. The van der Waals surface area contributed by atoms with Gasteiger partial charge in [0, 0.05) is 0 Å². The Morgan fingerprint density at radius 3 is 2.88 bits per heavy atom. The van der Waals surface area contributed by atoms with Crippen molar-refractivity contribution in [2.75, 3.05) is 6.54 Å². The summed E-state index contributed by atoms with van der Waals surface area (Å²) in [5, 5.41) is 11.1. The third-order valence-electron chi connectivity index (χ3n) is 2.06. The number of hydrogen-bond acceptors (Lipinski definition) is 5. The Bertz CT molecular complexity index is 497. The van der Waals surface area contributed by atoms with Crippen LogP contribution in [0.2, 0.25) is 8.67 Å². The molecule has 0 spiro atoms. The van der Waals surface area contributed by atoms with Crippen molar-refractivity contribution < 1.29 is 4.42 Å². The molecule has 4 nitrogen and oxygen atoms in total. The SMILES string of the molecule is CCCNCc1nnc(-c2cc(Cl)sc2Cl)o1. The predicted molar refractivity (Wildman–Crippen MR) is 69.6 cm³/mol. The maximum atomic E-state index is 6.01. The molecular weight excluding hydrogens is 281 g/mol. The van der Waals surface area contributed by atoms with Crippen molar-refractivity contribution >= 4 is 34.5 Å². The second-order valence-corrected chi connectivity index (χ2v) is 5.70. The van der Waals surface area contributed by atoms with E-state index in [1.54, 1.807) is 6.07 Å². The summed E-state index contributed by atoms with van der Waals surface area (Å²) >= 11 is 13.1. The average Bonchev–Trinajstić information content (AvgIpc) is 2.86. The van der Waals surface area contributed by atoms with Crippen molar-refractivity contribution in [2.24, 2.45) is 0 Å². The van der Waals surface area contributed by atoms with E-state index in [4.69, 9.17) is 27.6 Å². The second-order valence-electron chi connectivity index (χ2n) is 3.42. The van der Waals surface area contributed by atoms with Crippen LogP contribution in [0.25, 0.3) is 11.5 Å². The third kappa shape index (κ3) is 3.19. The fraction of sp³-hybridized carbons (Fsp3) is 0.400. The van der Waals surface area contributed by atoms with E-state index in [0.29, 0.717) is 32.6 Å². The zero-order valence-electron chi connectivity index (χ0n) is 9.17. The Hall–Kier alpha value is -0.620. The Morgan fingerprint density at radius 1 is 1.41 bits per heavy atom. The van der Waals surface area contributed by atoms with Crippen LogP contribution in [0.4, 0.5) is 0 Å². The fourth-order valence-electron chi connectivity index (χ4n) is 1.29. The number of thiophene rings is 1. The highest BCUT2D eigenvalue weighted by Crippen LogP contribution is 2.37. The Kier molecular flexibility index (Phi) is 4.39. The monoisotopic (exact) mass is 291 g/mol.